The molecular formula is C22H20O3. The van der Waals surface area contributed by atoms with Crippen molar-refractivity contribution in [3.05, 3.63) is 89.5 Å². The maximum absolute atomic E-state index is 11.0. The maximum Gasteiger partial charge on any atom is 0.335 e. The number of hydrogen-bond donors (Lipinski definition) is 1. The molecule has 0 unspecified atom stereocenters. The van der Waals surface area contributed by atoms with E-state index in [1.807, 2.05) is 54.6 Å². The Balaban J connectivity index is 1.80. The summed E-state index contributed by atoms with van der Waals surface area (Å²) in [6, 6.07) is 23.1. The zero-order valence-corrected chi connectivity index (χ0v) is 14.1. The van der Waals surface area contributed by atoms with E-state index in [1.165, 1.54) is 5.56 Å². The highest BCUT2D eigenvalue weighted by atomic mass is 16.5. The molecule has 3 aromatic carbocycles. The molecule has 3 nitrogen and oxygen atoms in total. The summed E-state index contributed by atoms with van der Waals surface area (Å²) in [6.45, 7) is 2.64. The summed E-state index contributed by atoms with van der Waals surface area (Å²) in [5.41, 5.74) is 4.72. The minimum atomic E-state index is -0.910. The van der Waals surface area contributed by atoms with Crippen molar-refractivity contribution in [2.75, 3.05) is 0 Å². The van der Waals surface area contributed by atoms with E-state index in [0.29, 0.717) is 12.2 Å². The molecule has 1 N–H and O–H groups in total. The third-order valence-corrected chi connectivity index (χ3v) is 4.15. The second-order valence-corrected chi connectivity index (χ2v) is 5.83. The van der Waals surface area contributed by atoms with Crippen molar-refractivity contribution < 1.29 is 14.6 Å². The van der Waals surface area contributed by atoms with Gasteiger partial charge in [-0.3, -0.25) is 0 Å². The van der Waals surface area contributed by atoms with E-state index in [4.69, 9.17) is 9.84 Å². The molecule has 0 aliphatic heterocycles. The van der Waals surface area contributed by atoms with Crippen molar-refractivity contribution in [3.63, 3.8) is 0 Å². The van der Waals surface area contributed by atoms with Crippen LogP contribution in [0.25, 0.3) is 11.1 Å². The number of carboxylic acids is 1. The van der Waals surface area contributed by atoms with Gasteiger partial charge < -0.3 is 9.84 Å². The molecule has 0 radical (unpaired) electrons. The predicted octanol–water partition coefficient (Wildman–Crippen LogP) is 5.19. The van der Waals surface area contributed by atoms with Gasteiger partial charge in [-0.2, -0.15) is 0 Å². The van der Waals surface area contributed by atoms with Crippen LogP contribution in [0.5, 0.6) is 5.75 Å². The van der Waals surface area contributed by atoms with Crippen LogP contribution in [0.15, 0.2) is 72.8 Å². The molecule has 126 valence electrons. The fourth-order valence-corrected chi connectivity index (χ4v) is 2.77. The predicted molar refractivity (Wildman–Crippen MR) is 99.0 cm³/mol. The lowest BCUT2D eigenvalue weighted by molar-refractivity contribution is 0.0697. The number of carbonyl (C=O) groups is 1. The van der Waals surface area contributed by atoms with Gasteiger partial charge in [-0.25, -0.2) is 4.79 Å². The van der Waals surface area contributed by atoms with E-state index in [-0.39, 0.29) is 0 Å². The monoisotopic (exact) mass is 332 g/mol. The Morgan fingerprint density at radius 1 is 0.960 bits per heavy atom. The Kier molecular flexibility index (Phi) is 5.14. The van der Waals surface area contributed by atoms with Crippen LogP contribution in [0, 0.1) is 0 Å². The number of hydrogen-bond acceptors (Lipinski definition) is 2. The standard InChI is InChI=1S/C22H20O3/c1-2-17-14-20(25-15-16-6-4-3-5-7-16)12-13-21(17)18-8-10-19(11-9-18)22(23)24/h3-14H,2,15H2,1H3,(H,23,24). The van der Waals surface area contributed by atoms with Crippen molar-refractivity contribution in [1.29, 1.82) is 0 Å². The lowest BCUT2D eigenvalue weighted by atomic mass is 9.97. The molecule has 0 amide bonds. The second-order valence-electron chi connectivity index (χ2n) is 5.83. The van der Waals surface area contributed by atoms with Gasteiger partial charge in [0.15, 0.2) is 0 Å². The summed E-state index contributed by atoms with van der Waals surface area (Å²) in [5.74, 6) is -0.0708. The van der Waals surface area contributed by atoms with Crippen LogP contribution in [0.3, 0.4) is 0 Å². The summed E-state index contributed by atoms with van der Waals surface area (Å²) in [4.78, 5) is 11.0. The first-order chi connectivity index (χ1) is 12.2. The van der Waals surface area contributed by atoms with Gasteiger partial charge in [0.1, 0.15) is 12.4 Å². The number of benzene rings is 3. The Hall–Kier alpha value is -3.07. The van der Waals surface area contributed by atoms with Gasteiger partial charge in [0, 0.05) is 0 Å². The molecule has 0 heterocycles. The number of ether oxygens (including phenoxy) is 1. The molecule has 0 aromatic heterocycles. The number of aromatic carboxylic acids is 1. The van der Waals surface area contributed by atoms with Gasteiger partial charge in [0.05, 0.1) is 5.56 Å². The Labute approximate surface area is 147 Å². The summed E-state index contributed by atoms with van der Waals surface area (Å²) >= 11 is 0. The van der Waals surface area contributed by atoms with Gasteiger partial charge >= 0.3 is 5.97 Å². The average molecular weight is 332 g/mol. The quantitative estimate of drug-likeness (QED) is 0.675. The molecule has 3 aromatic rings. The SMILES string of the molecule is CCc1cc(OCc2ccccc2)ccc1-c1ccc(C(=O)O)cc1. The number of rotatable bonds is 6. The minimum absolute atomic E-state index is 0.296. The highest BCUT2D eigenvalue weighted by Gasteiger charge is 2.08. The molecule has 3 rings (SSSR count). The molecule has 0 atom stereocenters. The minimum Gasteiger partial charge on any atom is -0.489 e. The largest absolute Gasteiger partial charge is 0.489 e. The fourth-order valence-electron chi connectivity index (χ4n) is 2.77. The molecule has 0 aliphatic rings. The van der Waals surface area contributed by atoms with Crippen LogP contribution in [0.4, 0.5) is 0 Å². The molecule has 3 heteroatoms. The highest BCUT2D eigenvalue weighted by molar-refractivity contribution is 5.88. The van der Waals surface area contributed by atoms with Gasteiger partial charge in [-0.05, 0) is 52.9 Å². The molecule has 0 bridgehead atoms. The van der Waals surface area contributed by atoms with Crippen LogP contribution in [0.1, 0.15) is 28.4 Å². The number of aryl methyl sites for hydroxylation is 1. The van der Waals surface area contributed by atoms with E-state index in [1.54, 1.807) is 12.1 Å². The molecule has 0 saturated heterocycles. The van der Waals surface area contributed by atoms with Crippen molar-refractivity contribution in [2.24, 2.45) is 0 Å². The van der Waals surface area contributed by atoms with Gasteiger partial charge in [0.2, 0.25) is 0 Å². The molecule has 0 aliphatic carbocycles. The molecule has 0 spiro atoms. The van der Waals surface area contributed by atoms with Crippen LogP contribution in [-0.4, -0.2) is 11.1 Å². The van der Waals surface area contributed by atoms with Crippen LogP contribution < -0.4 is 4.74 Å². The van der Waals surface area contributed by atoms with Crippen LogP contribution in [0.2, 0.25) is 0 Å². The van der Waals surface area contributed by atoms with Crippen molar-refractivity contribution in [1.82, 2.24) is 0 Å². The van der Waals surface area contributed by atoms with Gasteiger partial charge in [-0.15, -0.1) is 0 Å². The van der Waals surface area contributed by atoms with Crippen LogP contribution in [-0.2, 0) is 13.0 Å². The van der Waals surface area contributed by atoms with Crippen molar-refractivity contribution in [3.8, 4) is 16.9 Å². The highest BCUT2D eigenvalue weighted by Crippen LogP contribution is 2.28. The first kappa shape index (κ1) is 16.8. The van der Waals surface area contributed by atoms with Crippen molar-refractivity contribution >= 4 is 5.97 Å². The summed E-state index contributed by atoms with van der Waals surface area (Å²) in [5, 5.41) is 9.02. The van der Waals surface area contributed by atoms with Gasteiger partial charge in [0.25, 0.3) is 0 Å². The Morgan fingerprint density at radius 2 is 1.68 bits per heavy atom. The average Bonchev–Trinajstić information content (AvgIpc) is 2.67. The number of carboxylic acid groups (broad SMARTS) is 1. The molecule has 25 heavy (non-hydrogen) atoms. The van der Waals surface area contributed by atoms with Gasteiger partial charge in [-0.1, -0.05) is 55.5 Å². The summed E-state index contributed by atoms with van der Waals surface area (Å²) in [7, 11) is 0. The first-order valence-corrected chi connectivity index (χ1v) is 8.30. The zero-order chi connectivity index (χ0) is 17.6. The van der Waals surface area contributed by atoms with E-state index in [2.05, 4.69) is 13.0 Å². The fraction of sp³-hybridized carbons (Fsp3) is 0.136. The lowest BCUT2D eigenvalue weighted by Gasteiger charge is -2.12. The molecule has 0 fully saturated rings. The molecular weight excluding hydrogens is 312 g/mol. The maximum atomic E-state index is 11.0. The zero-order valence-electron chi connectivity index (χ0n) is 14.1. The lowest BCUT2D eigenvalue weighted by Crippen LogP contribution is -1.97. The summed E-state index contributed by atoms with van der Waals surface area (Å²) < 4.78 is 5.90. The van der Waals surface area contributed by atoms with E-state index in [0.717, 1.165) is 28.9 Å². The normalized spacial score (nSPS) is 10.4. The smallest absolute Gasteiger partial charge is 0.335 e. The Bertz CT molecular complexity index is 852. The summed E-state index contributed by atoms with van der Waals surface area (Å²) in [6.07, 6.45) is 0.874. The van der Waals surface area contributed by atoms with Crippen LogP contribution >= 0.6 is 0 Å². The second kappa shape index (κ2) is 7.67. The molecule has 0 saturated carbocycles. The van der Waals surface area contributed by atoms with E-state index < -0.39 is 5.97 Å². The van der Waals surface area contributed by atoms with E-state index in [9.17, 15) is 4.79 Å². The third kappa shape index (κ3) is 4.07. The van der Waals surface area contributed by atoms with E-state index >= 15 is 0 Å². The topological polar surface area (TPSA) is 46.5 Å². The third-order valence-electron chi connectivity index (χ3n) is 4.15. The Morgan fingerprint density at radius 3 is 2.32 bits per heavy atom. The first-order valence-electron chi connectivity index (χ1n) is 8.30. The van der Waals surface area contributed by atoms with Crippen molar-refractivity contribution in [2.45, 2.75) is 20.0 Å².